The SMILES string of the molecule is COc1ccc(Cl)cc1NC(=O)CN(C)C(=O)c1cc(-c2ccc(C)o2)nc2ccccc12. The maximum Gasteiger partial charge on any atom is 0.254 e. The van der Waals surface area contributed by atoms with E-state index in [1.54, 1.807) is 31.3 Å². The maximum atomic E-state index is 13.4. The number of amides is 2. The standard InChI is InChI=1S/C25H22ClN3O4/c1-15-8-10-23(33-15)21-13-18(17-6-4-5-7-19(17)27-21)25(31)29(2)14-24(30)28-20-12-16(26)9-11-22(20)32-3/h4-13H,14H2,1-3H3,(H,28,30). The van der Waals surface area contributed by atoms with Gasteiger partial charge in [0.1, 0.15) is 17.2 Å². The lowest BCUT2D eigenvalue weighted by Crippen LogP contribution is -2.35. The van der Waals surface area contributed by atoms with Gasteiger partial charge in [-0.05, 0) is 49.4 Å². The molecule has 1 N–H and O–H groups in total. The molecule has 0 aliphatic carbocycles. The van der Waals surface area contributed by atoms with Gasteiger partial charge < -0.3 is 19.4 Å². The third kappa shape index (κ3) is 4.83. The summed E-state index contributed by atoms with van der Waals surface area (Å²) in [7, 11) is 3.07. The number of ether oxygens (including phenoxy) is 1. The quantitative estimate of drug-likeness (QED) is 0.426. The summed E-state index contributed by atoms with van der Waals surface area (Å²) in [4.78, 5) is 32.0. The molecule has 0 atom stereocenters. The van der Waals surface area contributed by atoms with Crippen molar-refractivity contribution >= 4 is 40.0 Å². The Morgan fingerprint density at radius 3 is 2.64 bits per heavy atom. The zero-order valence-corrected chi connectivity index (χ0v) is 19.1. The van der Waals surface area contributed by atoms with Gasteiger partial charge in [-0.2, -0.15) is 0 Å². The molecule has 0 aliphatic rings. The van der Waals surface area contributed by atoms with Crippen molar-refractivity contribution < 1.29 is 18.7 Å². The Kier molecular flexibility index (Phi) is 6.33. The fourth-order valence-electron chi connectivity index (χ4n) is 3.51. The highest BCUT2D eigenvalue weighted by Crippen LogP contribution is 2.28. The summed E-state index contributed by atoms with van der Waals surface area (Å²) < 4.78 is 11.0. The minimum absolute atomic E-state index is 0.166. The average molecular weight is 464 g/mol. The minimum atomic E-state index is -0.383. The summed E-state index contributed by atoms with van der Waals surface area (Å²) in [5.41, 5.74) is 2.07. The maximum absolute atomic E-state index is 13.4. The van der Waals surface area contributed by atoms with Gasteiger partial charge in [0.05, 0.1) is 30.4 Å². The van der Waals surface area contributed by atoms with Crippen molar-refractivity contribution in [3.63, 3.8) is 0 Å². The molecule has 0 fully saturated rings. The summed E-state index contributed by atoms with van der Waals surface area (Å²) in [6, 6.07) is 17.6. The summed E-state index contributed by atoms with van der Waals surface area (Å²) >= 11 is 6.03. The topological polar surface area (TPSA) is 84.7 Å². The lowest BCUT2D eigenvalue weighted by molar-refractivity contribution is -0.116. The summed E-state index contributed by atoms with van der Waals surface area (Å²) in [6.45, 7) is 1.68. The number of methoxy groups -OCH3 is 1. The van der Waals surface area contributed by atoms with Gasteiger partial charge in [-0.15, -0.1) is 0 Å². The molecule has 4 rings (SSSR count). The number of hydrogen-bond acceptors (Lipinski definition) is 5. The third-order valence-electron chi connectivity index (χ3n) is 5.10. The zero-order chi connectivity index (χ0) is 23.5. The van der Waals surface area contributed by atoms with Gasteiger partial charge in [0.15, 0.2) is 5.76 Å². The predicted octanol–water partition coefficient (Wildman–Crippen LogP) is 5.18. The van der Waals surface area contributed by atoms with Crippen molar-refractivity contribution in [3.8, 4) is 17.2 Å². The van der Waals surface area contributed by atoms with Crippen LogP contribution in [0.25, 0.3) is 22.4 Å². The Morgan fingerprint density at radius 1 is 1.12 bits per heavy atom. The molecule has 168 valence electrons. The summed E-state index contributed by atoms with van der Waals surface area (Å²) in [6.07, 6.45) is 0. The number of para-hydroxylation sites is 1. The van der Waals surface area contributed by atoms with Crippen LogP contribution in [0, 0.1) is 6.92 Å². The van der Waals surface area contributed by atoms with E-state index in [1.807, 2.05) is 43.3 Å². The number of pyridine rings is 1. The first kappa shape index (κ1) is 22.4. The minimum Gasteiger partial charge on any atom is -0.495 e. The third-order valence-corrected chi connectivity index (χ3v) is 5.34. The first-order valence-electron chi connectivity index (χ1n) is 10.2. The van der Waals surface area contributed by atoms with Crippen LogP contribution < -0.4 is 10.1 Å². The lowest BCUT2D eigenvalue weighted by Gasteiger charge is -2.19. The van der Waals surface area contributed by atoms with Crippen LogP contribution in [0.15, 0.2) is 65.1 Å². The largest absolute Gasteiger partial charge is 0.495 e. The van der Waals surface area contributed by atoms with Crippen LogP contribution >= 0.6 is 11.6 Å². The Bertz CT molecular complexity index is 1350. The van der Waals surface area contributed by atoms with Crippen LogP contribution in [0.3, 0.4) is 0 Å². The molecule has 0 bridgehead atoms. The summed E-state index contributed by atoms with van der Waals surface area (Å²) in [5.74, 6) is 1.09. The second kappa shape index (κ2) is 9.34. The number of likely N-dealkylation sites (N-methyl/N-ethyl adjacent to an activating group) is 1. The molecular formula is C25H22ClN3O4. The first-order valence-corrected chi connectivity index (χ1v) is 10.6. The molecule has 8 heteroatoms. The van der Waals surface area contributed by atoms with Gasteiger partial charge >= 0.3 is 0 Å². The van der Waals surface area contributed by atoms with Crippen LogP contribution in [-0.2, 0) is 4.79 Å². The van der Waals surface area contributed by atoms with E-state index in [0.29, 0.717) is 44.4 Å². The zero-order valence-electron chi connectivity index (χ0n) is 18.4. The van der Waals surface area contributed by atoms with Gasteiger partial charge in [0.2, 0.25) is 5.91 Å². The van der Waals surface area contributed by atoms with E-state index in [2.05, 4.69) is 10.3 Å². The monoisotopic (exact) mass is 463 g/mol. The first-order chi connectivity index (χ1) is 15.9. The van der Waals surface area contributed by atoms with Crippen molar-refractivity contribution in [2.45, 2.75) is 6.92 Å². The number of nitrogens with zero attached hydrogens (tertiary/aromatic N) is 2. The number of furan rings is 1. The molecule has 33 heavy (non-hydrogen) atoms. The van der Waals surface area contributed by atoms with Crippen LogP contribution in [0.5, 0.6) is 5.75 Å². The molecule has 2 heterocycles. The average Bonchev–Trinajstić information content (AvgIpc) is 3.24. The van der Waals surface area contributed by atoms with Crippen molar-refractivity contribution in [2.75, 3.05) is 26.0 Å². The highest BCUT2D eigenvalue weighted by Gasteiger charge is 2.20. The molecule has 0 saturated heterocycles. The van der Waals surface area contributed by atoms with Gasteiger partial charge in [-0.1, -0.05) is 29.8 Å². The van der Waals surface area contributed by atoms with E-state index < -0.39 is 0 Å². The van der Waals surface area contributed by atoms with Gasteiger partial charge in [0, 0.05) is 17.5 Å². The van der Waals surface area contributed by atoms with Crippen LogP contribution in [0.2, 0.25) is 5.02 Å². The molecule has 0 aliphatic heterocycles. The Morgan fingerprint density at radius 2 is 1.91 bits per heavy atom. The molecule has 0 radical (unpaired) electrons. The molecule has 2 amide bonds. The van der Waals surface area contributed by atoms with Crippen LogP contribution in [-0.4, -0.2) is 42.4 Å². The fourth-order valence-corrected chi connectivity index (χ4v) is 3.68. The molecule has 0 spiro atoms. The molecule has 0 unspecified atom stereocenters. The van der Waals surface area contributed by atoms with Crippen LogP contribution in [0.4, 0.5) is 5.69 Å². The number of fused-ring (bicyclic) bond motifs is 1. The predicted molar refractivity (Wildman–Crippen MR) is 128 cm³/mol. The number of aromatic nitrogens is 1. The number of rotatable bonds is 6. The number of aryl methyl sites for hydroxylation is 1. The smallest absolute Gasteiger partial charge is 0.254 e. The van der Waals surface area contributed by atoms with Crippen molar-refractivity contribution in [2.24, 2.45) is 0 Å². The second-order valence-electron chi connectivity index (χ2n) is 7.54. The summed E-state index contributed by atoms with van der Waals surface area (Å²) in [5, 5.41) is 3.90. The highest BCUT2D eigenvalue weighted by molar-refractivity contribution is 6.31. The van der Waals surface area contributed by atoms with E-state index >= 15 is 0 Å². The number of halogens is 1. The van der Waals surface area contributed by atoms with E-state index in [4.69, 9.17) is 20.8 Å². The molecule has 7 nitrogen and oxygen atoms in total. The molecule has 0 saturated carbocycles. The number of carbonyl (C=O) groups is 2. The Hall–Kier alpha value is -3.84. The van der Waals surface area contributed by atoms with Crippen molar-refractivity contribution in [3.05, 3.63) is 77.0 Å². The van der Waals surface area contributed by atoms with E-state index in [9.17, 15) is 9.59 Å². The van der Waals surface area contributed by atoms with Crippen molar-refractivity contribution in [1.82, 2.24) is 9.88 Å². The Labute approximate surface area is 195 Å². The number of benzene rings is 2. The normalized spacial score (nSPS) is 10.8. The number of nitrogens with one attached hydrogen (secondary N) is 1. The van der Waals surface area contributed by atoms with E-state index in [0.717, 1.165) is 5.76 Å². The molecule has 2 aromatic heterocycles. The molecular weight excluding hydrogens is 442 g/mol. The number of carbonyl (C=O) groups excluding carboxylic acids is 2. The highest BCUT2D eigenvalue weighted by atomic mass is 35.5. The Balaban J connectivity index is 1.60. The van der Waals surface area contributed by atoms with E-state index in [-0.39, 0.29) is 18.4 Å². The van der Waals surface area contributed by atoms with E-state index in [1.165, 1.54) is 12.0 Å². The van der Waals surface area contributed by atoms with Gasteiger partial charge in [0.25, 0.3) is 5.91 Å². The number of anilines is 1. The van der Waals surface area contributed by atoms with Gasteiger partial charge in [-0.25, -0.2) is 4.98 Å². The molecule has 4 aromatic rings. The fraction of sp³-hybridized carbons (Fsp3) is 0.160. The van der Waals surface area contributed by atoms with Gasteiger partial charge in [-0.3, -0.25) is 9.59 Å². The van der Waals surface area contributed by atoms with Crippen molar-refractivity contribution in [1.29, 1.82) is 0 Å². The molecule has 2 aromatic carbocycles. The van der Waals surface area contributed by atoms with Crippen LogP contribution in [0.1, 0.15) is 16.1 Å². The number of hydrogen-bond donors (Lipinski definition) is 1. The lowest BCUT2D eigenvalue weighted by atomic mass is 10.1. The second-order valence-corrected chi connectivity index (χ2v) is 7.97.